The molecule has 0 aliphatic heterocycles. The molecule has 1 N–H and O–H groups in total. The van der Waals surface area contributed by atoms with Gasteiger partial charge in [0.25, 0.3) is 0 Å². The maximum absolute atomic E-state index is 13.4. The standard InChI is InChI=1S/C23H22F3NO/c24-23(25,26)19-10-3-2-9-18(19)15-7-5-8-16(13-12-15)22(28)21-14-17-6-1-4-11-20(17)27-21/h1-4,6,9-11,14-16,27H,5,7-8,12-13H2. The monoisotopic (exact) mass is 385 g/mol. The molecule has 1 aliphatic carbocycles. The van der Waals surface area contributed by atoms with Crippen molar-refractivity contribution in [3.63, 3.8) is 0 Å². The van der Waals surface area contributed by atoms with Crippen molar-refractivity contribution >= 4 is 16.7 Å². The van der Waals surface area contributed by atoms with Crippen molar-refractivity contribution in [3.05, 3.63) is 71.4 Å². The Morgan fingerprint density at radius 1 is 0.929 bits per heavy atom. The number of rotatable bonds is 3. The van der Waals surface area contributed by atoms with Crippen LogP contribution in [0.25, 0.3) is 10.9 Å². The third-order valence-electron chi connectivity index (χ3n) is 5.84. The highest BCUT2D eigenvalue weighted by atomic mass is 19.4. The smallest absolute Gasteiger partial charge is 0.352 e. The van der Waals surface area contributed by atoms with Crippen molar-refractivity contribution < 1.29 is 18.0 Å². The molecule has 2 unspecified atom stereocenters. The third kappa shape index (κ3) is 3.71. The second-order valence-electron chi connectivity index (χ2n) is 7.62. The molecule has 2 atom stereocenters. The summed E-state index contributed by atoms with van der Waals surface area (Å²) in [6.45, 7) is 0. The van der Waals surface area contributed by atoms with Crippen LogP contribution in [0.1, 0.15) is 59.6 Å². The van der Waals surface area contributed by atoms with Crippen LogP contribution in [-0.2, 0) is 6.18 Å². The average molecular weight is 385 g/mol. The van der Waals surface area contributed by atoms with Gasteiger partial charge in [0.05, 0.1) is 11.3 Å². The fraction of sp³-hybridized carbons (Fsp3) is 0.348. The van der Waals surface area contributed by atoms with Gasteiger partial charge in [-0.2, -0.15) is 13.2 Å². The number of hydrogen-bond acceptors (Lipinski definition) is 1. The quantitative estimate of drug-likeness (QED) is 0.393. The molecule has 1 saturated carbocycles. The lowest BCUT2D eigenvalue weighted by Gasteiger charge is -2.20. The summed E-state index contributed by atoms with van der Waals surface area (Å²) < 4.78 is 40.1. The van der Waals surface area contributed by atoms with Crippen LogP contribution >= 0.6 is 0 Å². The number of halogens is 3. The zero-order valence-corrected chi connectivity index (χ0v) is 15.4. The molecule has 2 aromatic carbocycles. The largest absolute Gasteiger partial charge is 0.416 e. The Balaban J connectivity index is 1.52. The lowest BCUT2D eigenvalue weighted by Crippen LogP contribution is -2.15. The summed E-state index contributed by atoms with van der Waals surface area (Å²) in [5.74, 6) is -0.226. The average Bonchev–Trinajstić information content (AvgIpc) is 2.96. The van der Waals surface area contributed by atoms with Crippen LogP contribution in [0.15, 0.2) is 54.6 Å². The number of nitrogens with one attached hydrogen (secondary N) is 1. The van der Waals surface area contributed by atoms with E-state index in [4.69, 9.17) is 0 Å². The Labute approximate surface area is 161 Å². The van der Waals surface area contributed by atoms with Gasteiger partial charge in [0.2, 0.25) is 0 Å². The minimum absolute atomic E-state index is 0.0703. The van der Waals surface area contributed by atoms with Crippen LogP contribution in [0.4, 0.5) is 13.2 Å². The predicted molar refractivity (Wildman–Crippen MR) is 103 cm³/mol. The Morgan fingerprint density at radius 2 is 1.68 bits per heavy atom. The van der Waals surface area contributed by atoms with E-state index in [0.717, 1.165) is 29.8 Å². The summed E-state index contributed by atoms with van der Waals surface area (Å²) in [6.07, 6.45) is -0.965. The number of benzene rings is 2. The molecule has 3 aromatic rings. The molecule has 28 heavy (non-hydrogen) atoms. The molecule has 0 bridgehead atoms. The Morgan fingerprint density at radius 3 is 2.46 bits per heavy atom. The Hall–Kier alpha value is -2.56. The van der Waals surface area contributed by atoms with Crippen molar-refractivity contribution in [2.24, 2.45) is 5.92 Å². The molecule has 1 fully saturated rings. The van der Waals surface area contributed by atoms with Crippen molar-refractivity contribution in [1.29, 1.82) is 0 Å². The number of carbonyl (C=O) groups is 1. The van der Waals surface area contributed by atoms with Gasteiger partial charge in [-0.05, 0) is 55.4 Å². The van der Waals surface area contributed by atoms with E-state index >= 15 is 0 Å². The van der Waals surface area contributed by atoms with Crippen molar-refractivity contribution in [3.8, 4) is 0 Å². The van der Waals surface area contributed by atoms with E-state index in [1.165, 1.54) is 6.07 Å². The first-order valence-corrected chi connectivity index (χ1v) is 9.71. The van der Waals surface area contributed by atoms with Crippen molar-refractivity contribution in [1.82, 2.24) is 4.98 Å². The van der Waals surface area contributed by atoms with Gasteiger partial charge in [-0.3, -0.25) is 4.79 Å². The number of alkyl halides is 3. The van der Waals surface area contributed by atoms with E-state index < -0.39 is 11.7 Å². The molecule has 4 rings (SSSR count). The van der Waals surface area contributed by atoms with Gasteiger partial charge in [0.1, 0.15) is 0 Å². The molecule has 0 saturated heterocycles. The van der Waals surface area contributed by atoms with E-state index in [-0.39, 0.29) is 17.6 Å². The van der Waals surface area contributed by atoms with E-state index in [0.29, 0.717) is 30.5 Å². The van der Waals surface area contributed by atoms with Crippen LogP contribution < -0.4 is 0 Å². The zero-order chi connectivity index (χ0) is 19.7. The predicted octanol–water partition coefficient (Wildman–Crippen LogP) is 6.73. The number of ketones is 1. The van der Waals surface area contributed by atoms with Gasteiger partial charge in [-0.25, -0.2) is 0 Å². The number of carbonyl (C=O) groups excluding carboxylic acids is 1. The SMILES string of the molecule is O=C(c1cc2ccccc2[nH]1)C1CCCC(c2ccccc2C(F)(F)F)CC1. The lowest BCUT2D eigenvalue weighted by molar-refractivity contribution is -0.138. The van der Waals surface area contributed by atoms with Gasteiger partial charge >= 0.3 is 6.18 Å². The Kier molecular flexibility index (Phi) is 5.00. The molecule has 2 nitrogen and oxygen atoms in total. The first kappa shape index (κ1) is 18.8. The van der Waals surface area contributed by atoms with Crippen molar-refractivity contribution in [2.45, 2.75) is 44.2 Å². The number of fused-ring (bicyclic) bond motifs is 1. The van der Waals surface area contributed by atoms with Crippen LogP contribution in [0.2, 0.25) is 0 Å². The molecule has 1 heterocycles. The van der Waals surface area contributed by atoms with Gasteiger partial charge in [0.15, 0.2) is 5.78 Å². The van der Waals surface area contributed by atoms with E-state index in [9.17, 15) is 18.0 Å². The van der Waals surface area contributed by atoms with E-state index in [1.807, 2.05) is 30.3 Å². The number of para-hydroxylation sites is 1. The summed E-state index contributed by atoms with van der Waals surface area (Å²) >= 11 is 0. The summed E-state index contributed by atoms with van der Waals surface area (Å²) in [6, 6.07) is 15.5. The Bertz CT molecular complexity index is 956. The molecule has 0 amide bonds. The maximum atomic E-state index is 13.4. The first-order valence-electron chi connectivity index (χ1n) is 9.71. The van der Waals surface area contributed by atoms with Crippen LogP contribution in [0.3, 0.4) is 0 Å². The fourth-order valence-electron chi connectivity index (χ4n) is 4.41. The maximum Gasteiger partial charge on any atom is 0.416 e. The van der Waals surface area contributed by atoms with E-state index in [1.54, 1.807) is 12.1 Å². The highest BCUT2D eigenvalue weighted by molar-refractivity contribution is 6.00. The molecule has 5 heteroatoms. The minimum atomic E-state index is -4.34. The summed E-state index contributed by atoms with van der Waals surface area (Å²) in [5, 5.41) is 0.997. The van der Waals surface area contributed by atoms with Crippen LogP contribution in [-0.4, -0.2) is 10.8 Å². The molecule has 0 spiro atoms. The molecule has 1 aromatic heterocycles. The zero-order valence-electron chi connectivity index (χ0n) is 15.4. The minimum Gasteiger partial charge on any atom is -0.352 e. The molecule has 146 valence electrons. The fourth-order valence-corrected chi connectivity index (χ4v) is 4.41. The summed E-state index contributed by atoms with van der Waals surface area (Å²) in [7, 11) is 0. The topological polar surface area (TPSA) is 32.9 Å². The third-order valence-corrected chi connectivity index (χ3v) is 5.84. The van der Waals surface area contributed by atoms with Gasteiger partial charge < -0.3 is 4.98 Å². The summed E-state index contributed by atoms with van der Waals surface area (Å²) in [4.78, 5) is 16.2. The highest BCUT2D eigenvalue weighted by Gasteiger charge is 2.36. The number of aromatic amines is 1. The molecular formula is C23H22F3NO. The van der Waals surface area contributed by atoms with Gasteiger partial charge in [-0.15, -0.1) is 0 Å². The number of Topliss-reactive ketones (excluding diaryl/α,β-unsaturated/α-hetero) is 1. The first-order chi connectivity index (χ1) is 13.4. The van der Waals surface area contributed by atoms with Crippen LogP contribution in [0, 0.1) is 5.92 Å². The van der Waals surface area contributed by atoms with Crippen molar-refractivity contribution in [2.75, 3.05) is 0 Å². The second kappa shape index (κ2) is 7.46. The number of H-pyrrole nitrogens is 1. The number of aromatic nitrogens is 1. The molecule has 1 aliphatic rings. The second-order valence-corrected chi connectivity index (χ2v) is 7.62. The van der Waals surface area contributed by atoms with Gasteiger partial charge in [-0.1, -0.05) is 42.8 Å². The lowest BCUT2D eigenvalue weighted by atomic mass is 9.87. The highest BCUT2D eigenvalue weighted by Crippen LogP contribution is 2.41. The molecular weight excluding hydrogens is 363 g/mol. The normalized spacial score (nSPS) is 20.8. The van der Waals surface area contributed by atoms with E-state index in [2.05, 4.69) is 4.98 Å². The molecule has 0 radical (unpaired) electrons. The van der Waals surface area contributed by atoms with Gasteiger partial charge in [0, 0.05) is 16.8 Å². The van der Waals surface area contributed by atoms with Crippen LogP contribution in [0.5, 0.6) is 0 Å². The summed E-state index contributed by atoms with van der Waals surface area (Å²) in [5.41, 5.74) is 1.35. The number of hydrogen-bond donors (Lipinski definition) is 1.